The van der Waals surface area contributed by atoms with Crippen LogP contribution >= 0.6 is 0 Å². The molecule has 0 radical (unpaired) electrons. The van der Waals surface area contributed by atoms with Crippen LogP contribution in [0.1, 0.15) is 26.2 Å². The Kier molecular flexibility index (Phi) is 5.84. The summed E-state index contributed by atoms with van der Waals surface area (Å²) in [5.74, 6) is -0.430. The fourth-order valence-electron chi connectivity index (χ4n) is 3.07. The van der Waals surface area contributed by atoms with Crippen molar-refractivity contribution < 1.29 is 14.3 Å². The Morgan fingerprint density at radius 1 is 1.12 bits per heavy atom. The summed E-state index contributed by atoms with van der Waals surface area (Å²) in [7, 11) is 0. The molecule has 3 rings (SSSR count). The van der Waals surface area contributed by atoms with Crippen molar-refractivity contribution in [3.8, 4) is 11.1 Å². The van der Waals surface area contributed by atoms with Crippen LogP contribution in [0.3, 0.4) is 0 Å². The molecule has 2 aromatic rings. The number of nitrogens with one attached hydrogen (secondary N) is 1. The highest BCUT2D eigenvalue weighted by atomic mass is 16.5. The highest BCUT2D eigenvalue weighted by Gasteiger charge is 2.21. The summed E-state index contributed by atoms with van der Waals surface area (Å²) in [4.78, 5) is 24.5. The third kappa shape index (κ3) is 4.60. The fraction of sp³-hybridized carbons (Fsp3) is 0.273. The molecule has 4 heteroatoms. The van der Waals surface area contributed by atoms with Crippen LogP contribution < -0.4 is 5.32 Å². The quantitative estimate of drug-likeness (QED) is 0.613. The second-order valence-corrected chi connectivity index (χ2v) is 6.50. The lowest BCUT2D eigenvalue weighted by Gasteiger charge is -2.16. The van der Waals surface area contributed by atoms with Gasteiger partial charge in [-0.05, 0) is 37.3 Å². The molecule has 1 aliphatic rings. The Labute approximate surface area is 153 Å². The number of carbonyl (C=O) groups is 2. The normalized spacial score (nSPS) is 16.9. The van der Waals surface area contributed by atoms with Gasteiger partial charge in [-0.1, -0.05) is 60.7 Å². The maximum absolute atomic E-state index is 12.5. The van der Waals surface area contributed by atoms with Crippen LogP contribution in [0.25, 0.3) is 11.1 Å². The van der Waals surface area contributed by atoms with E-state index in [-0.39, 0.29) is 17.8 Å². The number of para-hydroxylation sites is 1. The van der Waals surface area contributed by atoms with Gasteiger partial charge >= 0.3 is 5.97 Å². The van der Waals surface area contributed by atoms with E-state index in [1.807, 2.05) is 60.7 Å². The minimum absolute atomic E-state index is 0.233. The number of benzene rings is 2. The van der Waals surface area contributed by atoms with Gasteiger partial charge in [0.1, 0.15) is 0 Å². The second kappa shape index (κ2) is 8.48. The Hall–Kier alpha value is -2.88. The van der Waals surface area contributed by atoms with Crippen molar-refractivity contribution in [1.82, 2.24) is 0 Å². The van der Waals surface area contributed by atoms with E-state index < -0.39 is 6.10 Å². The number of rotatable bonds is 6. The number of anilines is 1. The van der Waals surface area contributed by atoms with Gasteiger partial charge in [0.25, 0.3) is 5.91 Å². The molecule has 4 nitrogen and oxygen atoms in total. The summed E-state index contributed by atoms with van der Waals surface area (Å²) in [5, 5.41) is 2.88. The van der Waals surface area contributed by atoms with E-state index in [9.17, 15) is 9.59 Å². The van der Waals surface area contributed by atoms with Crippen LogP contribution in [0.15, 0.2) is 66.7 Å². The van der Waals surface area contributed by atoms with Gasteiger partial charge in [0.05, 0.1) is 6.42 Å². The third-order valence-corrected chi connectivity index (χ3v) is 4.49. The van der Waals surface area contributed by atoms with Gasteiger partial charge < -0.3 is 10.1 Å². The molecule has 2 aromatic carbocycles. The number of amides is 1. The molecule has 1 amide bonds. The van der Waals surface area contributed by atoms with Crippen molar-refractivity contribution in [2.24, 2.45) is 5.92 Å². The molecule has 1 aliphatic carbocycles. The van der Waals surface area contributed by atoms with Gasteiger partial charge in [-0.2, -0.15) is 0 Å². The van der Waals surface area contributed by atoms with Gasteiger partial charge in [0.2, 0.25) is 0 Å². The molecule has 2 atom stereocenters. The number of carbonyl (C=O) groups excluding carboxylic acids is 2. The molecule has 0 aliphatic heterocycles. The van der Waals surface area contributed by atoms with E-state index in [1.165, 1.54) is 0 Å². The highest BCUT2D eigenvalue weighted by molar-refractivity contribution is 5.98. The first-order valence-corrected chi connectivity index (χ1v) is 8.95. The van der Waals surface area contributed by atoms with E-state index in [0.29, 0.717) is 12.1 Å². The fourth-order valence-corrected chi connectivity index (χ4v) is 3.07. The SMILES string of the molecule is C[C@@H](OC(=O)C[C@H]1C=CCC1)C(=O)Nc1ccccc1-c1ccccc1. The minimum atomic E-state index is -0.836. The zero-order valence-corrected chi connectivity index (χ0v) is 14.9. The van der Waals surface area contributed by atoms with Gasteiger partial charge in [-0.15, -0.1) is 0 Å². The molecule has 0 fully saturated rings. The third-order valence-electron chi connectivity index (χ3n) is 4.49. The van der Waals surface area contributed by atoms with E-state index in [4.69, 9.17) is 4.74 Å². The van der Waals surface area contributed by atoms with Gasteiger partial charge in [-0.3, -0.25) is 9.59 Å². The maximum Gasteiger partial charge on any atom is 0.307 e. The smallest absolute Gasteiger partial charge is 0.307 e. The van der Waals surface area contributed by atoms with Crippen molar-refractivity contribution in [2.75, 3.05) is 5.32 Å². The van der Waals surface area contributed by atoms with Crippen LogP contribution in [0.2, 0.25) is 0 Å². The minimum Gasteiger partial charge on any atom is -0.453 e. The molecule has 1 N–H and O–H groups in total. The second-order valence-electron chi connectivity index (χ2n) is 6.50. The highest BCUT2D eigenvalue weighted by Crippen LogP contribution is 2.27. The summed E-state index contributed by atoms with van der Waals surface area (Å²) in [6.45, 7) is 1.60. The molecule has 26 heavy (non-hydrogen) atoms. The number of hydrogen-bond donors (Lipinski definition) is 1. The van der Waals surface area contributed by atoms with Crippen LogP contribution in [-0.4, -0.2) is 18.0 Å². The number of esters is 1. The molecular formula is C22H23NO3. The molecule has 0 saturated carbocycles. The molecule has 0 unspecified atom stereocenters. The molecule has 0 heterocycles. The summed E-state index contributed by atoms with van der Waals surface area (Å²) < 4.78 is 5.31. The molecule has 0 spiro atoms. The number of hydrogen-bond acceptors (Lipinski definition) is 3. The van der Waals surface area contributed by atoms with Crippen molar-refractivity contribution >= 4 is 17.6 Å². The largest absolute Gasteiger partial charge is 0.453 e. The van der Waals surface area contributed by atoms with E-state index >= 15 is 0 Å². The van der Waals surface area contributed by atoms with Crippen LogP contribution in [0.5, 0.6) is 0 Å². The van der Waals surface area contributed by atoms with E-state index in [0.717, 1.165) is 24.0 Å². The number of ether oxygens (including phenoxy) is 1. The van der Waals surface area contributed by atoms with Crippen molar-refractivity contribution in [2.45, 2.75) is 32.3 Å². The number of allylic oxidation sites excluding steroid dienone is 2. The average Bonchev–Trinajstić information content (AvgIpc) is 3.15. The first kappa shape index (κ1) is 17.9. The van der Waals surface area contributed by atoms with Gasteiger partial charge in [0.15, 0.2) is 6.10 Å². The van der Waals surface area contributed by atoms with Crippen LogP contribution in [0, 0.1) is 5.92 Å². The molecule has 0 saturated heterocycles. The van der Waals surface area contributed by atoms with Gasteiger partial charge in [-0.25, -0.2) is 0 Å². The Balaban J connectivity index is 1.62. The Morgan fingerprint density at radius 2 is 1.85 bits per heavy atom. The zero-order chi connectivity index (χ0) is 18.4. The standard InChI is InChI=1S/C22H23NO3/c1-16(26-21(24)15-17-9-5-6-10-17)22(25)23-20-14-8-7-13-19(20)18-11-3-2-4-12-18/h2-5,7-9,11-14,16-17H,6,10,15H2,1H3,(H,23,25)/t16-,17+/m1/s1. The average molecular weight is 349 g/mol. The van der Waals surface area contributed by atoms with E-state index in [1.54, 1.807) is 6.92 Å². The summed E-state index contributed by atoms with van der Waals surface area (Å²) in [5.41, 5.74) is 2.64. The first-order valence-electron chi connectivity index (χ1n) is 8.95. The molecule has 134 valence electrons. The van der Waals surface area contributed by atoms with Crippen LogP contribution in [-0.2, 0) is 14.3 Å². The van der Waals surface area contributed by atoms with E-state index in [2.05, 4.69) is 11.4 Å². The summed E-state index contributed by atoms with van der Waals surface area (Å²) in [6.07, 6.45) is 5.59. The zero-order valence-electron chi connectivity index (χ0n) is 14.9. The lowest BCUT2D eigenvalue weighted by Crippen LogP contribution is -2.30. The topological polar surface area (TPSA) is 55.4 Å². The summed E-state index contributed by atoms with van der Waals surface area (Å²) in [6, 6.07) is 17.4. The summed E-state index contributed by atoms with van der Waals surface area (Å²) >= 11 is 0. The monoisotopic (exact) mass is 349 g/mol. The molecule has 0 aromatic heterocycles. The van der Waals surface area contributed by atoms with Crippen molar-refractivity contribution in [3.05, 3.63) is 66.7 Å². The lowest BCUT2D eigenvalue weighted by atomic mass is 10.0. The van der Waals surface area contributed by atoms with Crippen molar-refractivity contribution in [3.63, 3.8) is 0 Å². The lowest BCUT2D eigenvalue weighted by molar-refractivity contribution is -0.153. The first-order chi connectivity index (χ1) is 12.6. The Morgan fingerprint density at radius 3 is 2.58 bits per heavy atom. The predicted octanol–water partition coefficient (Wildman–Crippen LogP) is 4.58. The molecular weight excluding hydrogens is 326 g/mol. The Bertz CT molecular complexity index is 798. The van der Waals surface area contributed by atoms with Crippen molar-refractivity contribution in [1.29, 1.82) is 0 Å². The predicted molar refractivity (Wildman–Crippen MR) is 103 cm³/mol. The maximum atomic E-state index is 12.5. The molecule has 0 bridgehead atoms. The van der Waals surface area contributed by atoms with Crippen LogP contribution in [0.4, 0.5) is 5.69 Å². The van der Waals surface area contributed by atoms with Gasteiger partial charge in [0, 0.05) is 11.3 Å².